The maximum absolute atomic E-state index is 13.8. The maximum Gasteiger partial charge on any atom is 0.304 e. The number of halogens is 1. The molecule has 8 nitrogen and oxygen atoms in total. The van der Waals surface area contributed by atoms with Crippen molar-refractivity contribution in [3.63, 3.8) is 0 Å². The van der Waals surface area contributed by atoms with Crippen molar-refractivity contribution in [3.8, 4) is 0 Å². The molecule has 198 valence electrons. The van der Waals surface area contributed by atoms with Gasteiger partial charge in [-0.15, -0.1) is 0 Å². The van der Waals surface area contributed by atoms with E-state index in [-0.39, 0.29) is 12.5 Å². The Balaban J connectivity index is 2.46. The van der Waals surface area contributed by atoms with Gasteiger partial charge in [-0.3, -0.25) is 9.59 Å². The van der Waals surface area contributed by atoms with E-state index in [2.05, 4.69) is 21.2 Å². The molecule has 1 unspecified atom stereocenters. The van der Waals surface area contributed by atoms with Crippen molar-refractivity contribution in [1.82, 2.24) is 14.5 Å². The Morgan fingerprint density at radius 3 is 2.28 bits per heavy atom. The highest BCUT2D eigenvalue weighted by atomic mass is 79.9. The topological polar surface area (TPSA) is 90.0 Å². The summed E-state index contributed by atoms with van der Waals surface area (Å²) in [5, 5.41) is 2.88. The van der Waals surface area contributed by atoms with Gasteiger partial charge in [-0.1, -0.05) is 53.5 Å². The predicted octanol–water partition coefficient (Wildman–Crippen LogP) is 4.01. The molecule has 2 rings (SSSR count). The number of amides is 2. The van der Waals surface area contributed by atoms with E-state index in [1.54, 1.807) is 19.9 Å². The van der Waals surface area contributed by atoms with Crippen molar-refractivity contribution in [1.29, 1.82) is 0 Å². The second-order valence-electron chi connectivity index (χ2n) is 9.06. The first-order valence-corrected chi connectivity index (χ1v) is 14.2. The lowest BCUT2D eigenvalue weighted by molar-refractivity contribution is -0.139. The Kier molecular flexibility index (Phi) is 10.9. The number of nitrogens with zero attached hydrogens (tertiary/aromatic N) is 3. The van der Waals surface area contributed by atoms with Crippen molar-refractivity contribution >= 4 is 43.6 Å². The first-order valence-electron chi connectivity index (χ1n) is 12.0. The van der Waals surface area contributed by atoms with Crippen LogP contribution in [0.25, 0.3) is 0 Å². The molecular weight excluding hydrogens is 544 g/mol. The summed E-state index contributed by atoms with van der Waals surface area (Å²) in [4.78, 5) is 28.1. The van der Waals surface area contributed by atoms with E-state index < -0.39 is 28.7 Å². The smallest absolute Gasteiger partial charge is 0.304 e. The Hall–Kier alpha value is -2.43. The van der Waals surface area contributed by atoms with Gasteiger partial charge in [-0.05, 0) is 62.1 Å². The number of unbranched alkanes of at least 4 members (excludes halogenated alkanes) is 1. The molecule has 2 aromatic rings. The molecule has 2 aromatic carbocycles. The van der Waals surface area contributed by atoms with Gasteiger partial charge in [0.15, 0.2) is 0 Å². The number of carbonyl (C=O) groups is 2. The van der Waals surface area contributed by atoms with Crippen molar-refractivity contribution in [3.05, 3.63) is 63.6 Å². The van der Waals surface area contributed by atoms with Gasteiger partial charge < -0.3 is 10.2 Å². The van der Waals surface area contributed by atoms with Crippen LogP contribution in [0.5, 0.6) is 0 Å². The highest BCUT2D eigenvalue weighted by Gasteiger charge is 2.33. The summed E-state index contributed by atoms with van der Waals surface area (Å²) in [5.74, 6) is -0.745. The number of benzene rings is 2. The summed E-state index contributed by atoms with van der Waals surface area (Å²) in [6, 6.07) is 12.1. The molecular formula is C26H37BrN4O4S. The molecule has 1 atom stereocenters. The van der Waals surface area contributed by atoms with E-state index in [9.17, 15) is 18.0 Å². The molecule has 0 aliphatic carbocycles. The van der Waals surface area contributed by atoms with E-state index in [0.29, 0.717) is 12.2 Å². The van der Waals surface area contributed by atoms with Crippen LogP contribution in [0.2, 0.25) is 0 Å². The number of hydrogen-bond acceptors (Lipinski definition) is 4. The molecule has 0 spiro atoms. The fraction of sp³-hybridized carbons (Fsp3) is 0.462. The maximum atomic E-state index is 13.8. The first-order chi connectivity index (χ1) is 16.9. The lowest BCUT2D eigenvalue weighted by Crippen LogP contribution is -2.52. The number of anilines is 1. The number of rotatable bonds is 12. The molecule has 10 heteroatoms. The Morgan fingerprint density at radius 2 is 1.69 bits per heavy atom. The average Bonchev–Trinajstić information content (AvgIpc) is 2.83. The van der Waals surface area contributed by atoms with Gasteiger partial charge in [0, 0.05) is 31.7 Å². The quantitative estimate of drug-likeness (QED) is 0.384. The lowest BCUT2D eigenvalue weighted by Gasteiger charge is -2.33. The van der Waals surface area contributed by atoms with Gasteiger partial charge in [-0.25, -0.2) is 4.31 Å². The van der Waals surface area contributed by atoms with Gasteiger partial charge in [0.05, 0.1) is 5.69 Å². The normalized spacial score (nSPS) is 12.3. The molecule has 0 aliphatic heterocycles. The van der Waals surface area contributed by atoms with Crippen LogP contribution >= 0.6 is 15.9 Å². The number of hydrogen-bond donors (Lipinski definition) is 1. The average molecular weight is 582 g/mol. The highest BCUT2D eigenvalue weighted by molar-refractivity contribution is 9.10. The zero-order valence-corrected chi connectivity index (χ0v) is 24.3. The predicted molar refractivity (Wildman–Crippen MR) is 148 cm³/mol. The molecule has 0 bridgehead atoms. The molecule has 0 aromatic heterocycles. The molecule has 36 heavy (non-hydrogen) atoms. The van der Waals surface area contributed by atoms with Crippen LogP contribution in [0, 0.1) is 13.8 Å². The van der Waals surface area contributed by atoms with Crippen LogP contribution in [0.1, 0.15) is 43.4 Å². The fourth-order valence-electron chi connectivity index (χ4n) is 3.60. The third kappa shape index (κ3) is 7.78. The van der Waals surface area contributed by atoms with Crippen LogP contribution in [0.3, 0.4) is 0 Å². The van der Waals surface area contributed by atoms with Crippen LogP contribution < -0.4 is 9.62 Å². The SMILES string of the molecule is CCCCNC(=O)C(C)N(Cc1ccc(Br)cc1)C(=O)CN(c1cc(C)ccc1C)S(=O)(=O)N(C)C. The van der Waals surface area contributed by atoms with E-state index in [1.807, 2.05) is 50.2 Å². The first kappa shape index (κ1) is 29.8. The van der Waals surface area contributed by atoms with Gasteiger partial charge in [0.2, 0.25) is 11.8 Å². The van der Waals surface area contributed by atoms with E-state index in [1.165, 1.54) is 19.0 Å². The van der Waals surface area contributed by atoms with Crippen molar-refractivity contribution in [2.45, 2.75) is 53.1 Å². The minimum absolute atomic E-state index is 0.164. The summed E-state index contributed by atoms with van der Waals surface area (Å²) in [5.41, 5.74) is 2.86. The summed E-state index contributed by atoms with van der Waals surface area (Å²) < 4.78 is 29.7. The summed E-state index contributed by atoms with van der Waals surface area (Å²) in [6.45, 7) is 7.62. The van der Waals surface area contributed by atoms with Gasteiger partial charge >= 0.3 is 10.2 Å². The van der Waals surface area contributed by atoms with Gasteiger partial charge in [0.25, 0.3) is 0 Å². The molecule has 0 fully saturated rings. The zero-order chi connectivity index (χ0) is 27.0. The van der Waals surface area contributed by atoms with Crippen LogP contribution in [0.15, 0.2) is 46.9 Å². The Bertz CT molecular complexity index is 1150. The largest absolute Gasteiger partial charge is 0.354 e. The molecule has 1 N–H and O–H groups in total. The minimum Gasteiger partial charge on any atom is -0.354 e. The monoisotopic (exact) mass is 580 g/mol. The standard InChI is InChI=1S/C26H37BrN4O4S/c1-7-8-15-28-26(33)21(4)30(17-22-11-13-23(27)14-12-22)25(32)18-31(36(34,35)29(5)6)24-16-19(2)9-10-20(24)3/h9-14,16,21H,7-8,15,17-18H2,1-6H3,(H,28,33). The Labute approximate surface area is 224 Å². The number of carbonyl (C=O) groups excluding carboxylic acids is 2. The summed E-state index contributed by atoms with van der Waals surface area (Å²) in [7, 11) is -1.13. The molecule has 0 saturated carbocycles. The highest BCUT2D eigenvalue weighted by Crippen LogP contribution is 2.26. The van der Waals surface area contributed by atoms with Crippen molar-refractivity contribution in [2.75, 3.05) is 31.5 Å². The lowest BCUT2D eigenvalue weighted by atomic mass is 10.1. The second kappa shape index (κ2) is 13.2. The molecule has 0 saturated heterocycles. The summed E-state index contributed by atoms with van der Waals surface area (Å²) >= 11 is 3.41. The number of nitrogens with one attached hydrogen (secondary N) is 1. The Morgan fingerprint density at radius 1 is 1.06 bits per heavy atom. The minimum atomic E-state index is -3.99. The van der Waals surface area contributed by atoms with Gasteiger partial charge in [0.1, 0.15) is 12.6 Å². The van der Waals surface area contributed by atoms with E-state index >= 15 is 0 Å². The zero-order valence-electron chi connectivity index (χ0n) is 21.9. The van der Waals surface area contributed by atoms with Crippen LogP contribution in [-0.4, -0.2) is 62.7 Å². The number of aryl methyl sites for hydroxylation is 2. The molecule has 0 heterocycles. The third-order valence-corrected chi connectivity index (χ3v) is 8.25. The molecule has 2 amide bonds. The fourth-order valence-corrected chi connectivity index (χ4v) is 4.97. The van der Waals surface area contributed by atoms with Crippen molar-refractivity contribution < 1.29 is 18.0 Å². The van der Waals surface area contributed by atoms with Crippen LogP contribution in [0.4, 0.5) is 5.69 Å². The second-order valence-corrected chi connectivity index (χ2v) is 12.0. The third-order valence-electron chi connectivity index (χ3n) is 5.92. The van der Waals surface area contributed by atoms with E-state index in [0.717, 1.165) is 42.6 Å². The van der Waals surface area contributed by atoms with Gasteiger partial charge in [-0.2, -0.15) is 12.7 Å². The molecule has 0 aliphatic rings. The van der Waals surface area contributed by atoms with E-state index in [4.69, 9.17) is 0 Å². The van der Waals surface area contributed by atoms with Crippen LogP contribution in [-0.2, 0) is 26.3 Å². The summed E-state index contributed by atoms with van der Waals surface area (Å²) in [6.07, 6.45) is 1.77. The molecule has 0 radical (unpaired) electrons. The van der Waals surface area contributed by atoms with Crippen molar-refractivity contribution in [2.24, 2.45) is 0 Å².